The van der Waals surface area contributed by atoms with Gasteiger partial charge in [0.1, 0.15) is 0 Å². The Labute approximate surface area is 80.7 Å². The Bertz CT molecular complexity index is 191. The first-order valence-corrected chi connectivity index (χ1v) is 4.53. The van der Waals surface area contributed by atoms with Crippen LogP contribution < -0.4 is 5.73 Å². The lowest BCUT2D eigenvalue weighted by Crippen LogP contribution is -2.29. The zero-order chi connectivity index (χ0) is 10.2. The zero-order valence-electron chi connectivity index (χ0n) is 8.13. The van der Waals surface area contributed by atoms with E-state index in [-0.39, 0.29) is 5.41 Å². The summed E-state index contributed by atoms with van der Waals surface area (Å²) in [5, 5.41) is 8.52. The molecule has 0 rings (SSSR count). The highest BCUT2D eigenvalue weighted by atomic mass is 14.6. The smallest absolute Gasteiger partial charge is 0.0621 e. The van der Waals surface area contributed by atoms with Crippen molar-refractivity contribution in [3.05, 3.63) is 25.3 Å². The summed E-state index contributed by atoms with van der Waals surface area (Å²) >= 11 is 0. The number of hydrogen-bond donors (Lipinski definition) is 1. The third-order valence-corrected chi connectivity index (χ3v) is 2.35. The number of allylic oxidation sites excluding steroid dienone is 2. The predicted octanol–water partition coefficient (Wildman–Crippen LogP) is 2.39. The van der Waals surface area contributed by atoms with Crippen molar-refractivity contribution in [2.45, 2.75) is 25.7 Å². The van der Waals surface area contributed by atoms with E-state index in [2.05, 4.69) is 19.2 Å². The third-order valence-electron chi connectivity index (χ3n) is 2.35. The summed E-state index contributed by atoms with van der Waals surface area (Å²) in [5.74, 6) is 0. The van der Waals surface area contributed by atoms with Crippen molar-refractivity contribution in [2.24, 2.45) is 11.1 Å². The fourth-order valence-electron chi connectivity index (χ4n) is 1.49. The summed E-state index contributed by atoms with van der Waals surface area (Å²) < 4.78 is 0. The molecule has 0 aromatic heterocycles. The van der Waals surface area contributed by atoms with Gasteiger partial charge in [0.2, 0.25) is 0 Å². The van der Waals surface area contributed by atoms with Crippen molar-refractivity contribution in [3.63, 3.8) is 0 Å². The molecule has 0 atom stereocenters. The molecule has 0 saturated carbocycles. The molecule has 0 aliphatic heterocycles. The SMILES string of the molecule is C=CCC(CN)(CC=C)CCC#N. The molecule has 0 bridgehead atoms. The fourth-order valence-corrected chi connectivity index (χ4v) is 1.49. The summed E-state index contributed by atoms with van der Waals surface area (Å²) in [4.78, 5) is 0. The van der Waals surface area contributed by atoms with Gasteiger partial charge in [0.15, 0.2) is 0 Å². The van der Waals surface area contributed by atoms with Crippen LogP contribution in [0.4, 0.5) is 0 Å². The lowest BCUT2D eigenvalue weighted by Gasteiger charge is -2.29. The summed E-state index contributed by atoms with van der Waals surface area (Å²) in [6, 6.07) is 2.15. The Hall–Kier alpha value is -1.07. The molecular formula is C11H18N2. The Balaban J connectivity index is 4.34. The van der Waals surface area contributed by atoms with E-state index in [0.717, 1.165) is 19.3 Å². The molecule has 0 aromatic rings. The highest BCUT2D eigenvalue weighted by Crippen LogP contribution is 2.31. The molecule has 13 heavy (non-hydrogen) atoms. The summed E-state index contributed by atoms with van der Waals surface area (Å²) in [5.41, 5.74) is 5.73. The van der Waals surface area contributed by atoms with E-state index >= 15 is 0 Å². The van der Waals surface area contributed by atoms with Crippen molar-refractivity contribution in [2.75, 3.05) is 6.54 Å². The number of nitrogens with two attached hydrogens (primary N) is 1. The van der Waals surface area contributed by atoms with Gasteiger partial charge < -0.3 is 5.73 Å². The molecule has 72 valence electrons. The van der Waals surface area contributed by atoms with Gasteiger partial charge in [-0.3, -0.25) is 0 Å². The molecule has 0 aliphatic rings. The first-order valence-electron chi connectivity index (χ1n) is 4.53. The second-order valence-corrected chi connectivity index (χ2v) is 3.35. The maximum absolute atomic E-state index is 8.52. The van der Waals surface area contributed by atoms with Crippen LogP contribution in [0.5, 0.6) is 0 Å². The molecule has 0 heterocycles. The molecule has 0 radical (unpaired) electrons. The van der Waals surface area contributed by atoms with Crippen LogP contribution in [0.3, 0.4) is 0 Å². The lowest BCUT2D eigenvalue weighted by atomic mass is 9.77. The van der Waals surface area contributed by atoms with E-state index in [1.54, 1.807) is 0 Å². The van der Waals surface area contributed by atoms with Gasteiger partial charge in [0, 0.05) is 6.42 Å². The van der Waals surface area contributed by atoms with E-state index in [1.807, 2.05) is 12.2 Å². The van der Waals surface area contributed by atoms with Crippen molar-refractivity contribution < 1.29 is 0 Å². The molecule has 0 aromatic carbocycles. The number of nitriles is 1. The molecule has 2 heteroatoms. The van der Waals surface area contributed by atoms with Crippen LogP contribution in [-0.4, -0.2) is 6.54 Å². The minimum Gasteiger partial charge on any atom is -0.330 e. The third kappa shape index (κ3) is 3.91. The standard InChI is InChI=1S/C11H18N2/c1-3-6-11(10-13,7-4-2)8-5-9-12/h3-4H,1-2,5-8,10,13H2. The molecule has 0 fully saturated rings. The van der Waals surface area contributed by atoms with Gasteiger partial charge in [0.25, 0.3) is 0 Å². The van der Waals surface area contributed by atoms with Crippen molar-refractivity contribution in [1.82, 2.24) is 0 Å². The maximum atomic E-state index is 8.52. The van der Waals surface area contributed by atoms with Crippen LogP contribution in [0.2, 0.25) is 0 Å². The Morgan fingerprint density at radius 1 is 1.31 bits per heavy atom. The Morgan fingerprint density at radius 2 is 1.85 bits per heavy atom. The molecule has 0 unspecified atom stereocenters. The van der Waals surface area contributed by atoms with Crippen LogP contribution in [0.25, 0.3) is 0 Å². The van der Waals surface area contributed by atoms with Crippen molar-refractivity contribution in [3.8, 4) is 6.07 Å². The van der Waals surface area contributed by atoms with Crippen LogP contribution in [0, 0.1) is 16.7 Å². The van der Waals surface area contributed by atoms with Crippen LogP contribution in [0.1, 0.15) is 25.7 Å². The van der Waals surface area contributed by atoms with E-state index in [9.17, 15) is 0 Å². The van der Waals surface area contributed by atoms with Gasteiger partial charge >= 0.3 is 0 Å². The topological polar surface area (TPSA) is 49.8 Å². The summed E-state index contributed by atoms with van der Waals surface area (Å²) in [6.45, 7) is 8.01. The monoisotopic (exact) mass is 178 g/mol. The number of nitrogens with zero attached hydrogens (tertiary/aromatic N) is 1. The van der Waals surface area contributed by atoms with E-state index < -0.39 is 0 Å². The van der Waals surface area contributed by atoms with E-state index in [1.165, 1.54) is 0 Å². The highest BCUT2D eigenvalue weighted by molar-refractivity contribution is 4.94. The quantitative estimate of drug-likeness (QED) is 0.608. The van der Waals surface area contributed by atoms with Gasteiger partial charge in [-0.1, -0.05) is 12.2 Å². The number of rotatable bonds is 7. The molecule has 2 nitrogen and oxygen atoms in total. The van der Waals surface area contributed by atoms with Gasteiger partial charge in [-0.05, 0) is 31.2 Å². The second-order valence-electron chi connectivity index (χ2n) is 3.35. The number of hydrogen-bond acceptors (Lipinski definition) is 2. The molecule has 2 N–H and O–H groups in total. The lowest BCUT2D eigenvalue weighted by molar-refractivity contribution is 0.283. The average Bonchev–Trinajstić information content (AvgIpc) is 2.15. The van der Waals surface area contributed by atoms with Crippen LogP contribution in [-0.2, 0) is 0 Å². The summed E-state index contributed by atoms with van der Waals surface area (Å²) in [7, 11) is 0. The fraction of sp³-hybridized carbons (Fsp3) is 0.545. The zero-order valence-corrected chi connectivity index (χ0v) is 8.13. The Kier molecular flexibility index (Phi) is 5.92. The molecule has 0 saturated heterocycles. The predicted molar refractivity (Wildman–Crippen MR) is 56.0 cm³/mol. The van der Waals surface area contributed by atoms with Crippen LogP contribution in [0.15, 0.2) is 25.3 Å². The largest absolute Gasteiger partial charge is 0.330 e. The van der Waals surface area contributed by atoms with E-state index in [0.29, 0.717) is 13.0 Å². The Morgan fingerprint density at radius 3 is 2.15 bits per heavy atom. The van der Waals surface area contributed by atoms with Crippen molar-refractivity contribution in [1.29, 1.82) is 5.26 Å². The normalized spacial score (nSPS) is 10.5. The highest BCUT2D eigenvalue weighted by Gasteiger charge is 2.24. The van der Waals surface area contributed by atoms with Crippen molar-refractivity contribution >= 4 is 0 Å². The average molecular weight is 178 g/mol. The second kappa shape index (κ2) is 6.45. The molecule has 0 amide bonds. The minimum absolute atomic E-state index is 0.0131. The maximum Gasteiger partial charge on any atom is 0.0621 e. The first kappa shape index (κ1) is 11.9. The van der Waals surface area contributed by atoms with Gasteiger partial charge in [0.05, 0.1) is 6.07 Å². The molecular weight excluding hydrogens is 160 g/mol. The van der Waals surface area contributed by atoms with Gasteiger partial charge in [-0.25, -0.2) is 0 Å². The first-order chi connectivity index (χ1) is 6.24. The van der Waals surface area contributed by atoms with Crippen LogP contribution >= 0.6 is 0 Å². The van der Waals surface area contributed by atoms with Gasteiger partial charge in [-0.2, -0.15) is 5.26 Å². The van der Waals surface area contributed by atoms with Gasteiger partial charge in [-0.15, -0.1) is 13.2 Å². The minimum atomic E-state index is 0.0131. The van der Waals surface area contributed by atoms with E-state index in [4.69, 9.17) is 11.0 Å². The molecule has 0 spiro atoms. The summed E-state index contributed by atoms with van der Waals surface area (Å²) in [6.07, 6.45) is 6.84. The molecule has 0 aliphatic carbocycles.